The molecule has 7 heteroatoms. The van der Waals surface area contributed by atoms with E-state index >= 15 is 0 Å². The molecule has 0 saturated carbocycles. The summed E-state index contributed by atoms with van der Waals surface area (Å²) < 4.78 is 1.79. The Labute approximate surface area is 158 Å². The van der Waals surface area contributed by atoms with Crippen molar-refractivity contribution in [3.05, 3.63) is 46.2 Å². The molecule has 2 amide bonds. The van der Waals surface area contributed by atoms with Crippen molar-refractivity contribution in [2.75, 3.05) is 6.54 Å². The summed E-state index contributed by atoms with van der Waals surface area (Å²) in [6, 6.07) is 7.35. The molecule has 0 radical (unpaired) electrons. The average molecular weight is 377 g/mol. The Morgan fingerprint density at radius 2 is 1.73 bits per heavy atom. The molecule has 0 atom stereocenters. The summed E-state index contributed by atoms with van der Waals surface area (Å²) in [5.74, 6) is -0.424. The normalized spacial score (nSPS) is 11.3. The number of hydrogen-bond acceptors (Lipinski definition) is 3. The lowest BCUT2D eigenvalue weighted by Crippen LogP contribution is -2.46. The van der Waals surface area contributed by atoms with Crippen LogP contribution in [0.25, 0.3) is 5.69 Å². The van der Waals surface area contributed by atoms with Gasteiger partial charge in [-0.25, -0.2) is 4.68 Å². The molecule has 0 unspecified atom stereocenters. The summed E-state index contributed by atoms with van der Waals surface area (Å²) in [5.41, 5.74) is 3.08. The van der Waals surface area contributed by atoms with Crippen LogP contribution in [0.5, 0.6) is 0 Å². The number of amides is 2. The summed E-state index contributed by atoms with van der Waals surface area (Å²) >= 11 is 5.93. The van der Waals surface area contributed by atoms with Gasteiger partial charge in [0.25, 0.3) is 0 Å². The lowest BCUT2D eigenvalue weighted by molar-refractivity contribution is -0.126. The van der Waals surface area contributed by atoms with Crippen LogP contribution in [0.1, 0.15) is 37.7 Å². The molecule has 6 nitrogen and oxygen atoms in total. The number of hydrogen-bond donors (Lipinski definition) is 2. The van der Waals surface area contributed by atoms with Gasteiger partial charge < -0.3 is 10.6 Å². The van der Waals surface area contributed by atoms with Crippen molar-refractivity contribution in [1.82, 2.24) is 20.4 Å². The third-order valence-corrected chi connectivity index (χ3v) is 4.06. The van der Waals surface area contributed by atoms with E-state index in [0.29, 0.717) is 5.02 Å². The highest BCUT2D eigenvalue weighted by molar-refractivity contribution is 6.30. The Balaban J connectivity index is 2.04. The zero-order valence-corrected chi connectivity index (χ0v) is 16.6. The quantitative estimate of drug-likeness (QED) is 0.842. The zero-order valence-electron chi connectivity index (χ0n) is 15.8. The third kappa shape index (κ3) is 5.33. The summed E-state index contributed by atoms with van der Waals surface area (Å²) in [6.45, 7) is 9.43. The monoisotopic (exact) mass is 376 g/mol. The van der Waals surface area contributed by atoms with Crippen LogP contribution in [-0.4, -0.2) is 33.7 Å². The number of aromatic nitrogens is 2. The van der Waals surface area contributed by atoms with Gasteiger partial charge in [0.2, 0.25) is 11.8 Å². The minimum atomic E-state index is -0.325. The zero-order chi connectivity index (χ0) is 19.5. The van der Waals surface area contributed by atoms with Gasteiger partial charge in [0.15, 0.2) is 0 Å². The predicted molar refractivity (Wildman–Crippen MR) is 103 cm³/mol. The molecule has 1 heterocycles. The van der Waals surface area contributed by atoms with Crippen molar-refractivity contribution >= 4 is 23.4 Å². The molecule has 0 aliphatic carbocycles. The number of rotatable bonds is 5. The van der Waals surface area contributed by atoms with E-state index < -0.39 is 0 Å². The second-order valence-corrected chi connectivity index (χ2v) is 7.73. The van der Waals surface area contributed by atoms with Crippen molar-refractivity contribution in [1.29, 1.82) is 0 Å². The molecule has 2 rings (SSSR count). The molecule has 2 N–H and O–H groups in total. The first-order valence-corrected chi connectivity index (χ1v) is 8.83. The highest BCUT2D eigenvalue weighted by Crippen LogP contribution is 2.20. The number of aryl methyl sites for hydroxylation is 1. The Morgan fingerprint density at radius 3 is 2.31 bits per heavy atom. The lowest BCUT2D eigenvalue weighted by Gasteiger charge is -2.20. The van der Waals surface area contributed by atoms with Gasteiger partial charge in [-0.3, -0.25) is 9.59 Å². The van der Waals surface area contributed by atoms with E-state index in [1.54, 1.807) is 16.8 Å². The van der Waals surface area contributed by atoms with E-state index in [0.717, 1.165) is 22.6 Å². The molecule has 1 aromatic heterocycles. The fourth-order valence-corrected chi connectivity index (χ4v) is 2.75. The minimum absolute atomic E-state index is 0.0421. The first-order chi connectivity index (χ1) is 12.1. The van der Waals surface area contributed by atoms with Gasteiger partial charge in [-0.2, -0.15) is 5.10 Å². The van der Waals surface area contributed by atoms with Crippen molar-refractivity contribution < 1.29 is 9.59 Å². The largest absolute Gasteiger partial charge is 0.350 e. The molecule has 0 bridgehead atoms. The Bertz CT molecular complexity index is 804. The molecule has 0 fully saturated rings. The molecule has 140 valence electrons. The SMILES string of the molecule is Cc1nn(-c2ccc(Cl)cc2)c(C)c1CC(=O)NCC(=O)NC(C)(C)C. The molecular formula is C19H25ClN4O2. The molecule has 0 spiro atoms. The minimum Gasteiger partial charge on any atom is -0.350 e. The maximum atomic E-state index is 12.2. The summed E-state index contributed by atoms with van der Waals surface area (Å²) in [4.78, 5) is 24.0. The Kier molecular flexibility index (Phi) is 6.08. The third-order valence-electron chi connectivity index (χ3n) is 3.81. The molecule has 0 aliphatic heterocycles. The fourth-order valence-electron chi connectivity index (χ4n) is 2.63. The average Bonchev–Trinajstić information content (AvgIpc) is 2.80. The lowest BCUT2D eigenvalue weighted by atomic mass is 10.1. The Morgan fingerprint density at radius 1 is 1.12 bits per heavy atom. The maximum absolute atomic E-state index is 12.2. The smallest absolute Gasteiger partial charge is 0.239 e. The molecule has 2 aromatic rings. The van der Waals surface area contributed by atoms with Gasteiger partial charge in [0.05, 0.1) is 24.3 Å². The molecule has 26 heavy (non-hydrogen) atoms. The van der Waals surface area contributed by atoms with Crippen molar-refractivity contribution in [3.8, 4) is 5.69 Å². The number of benzene rings is 1. The summed E-state index contributed by atoms with van der Waals surface area (Å²) in [5, 5.41) is 10.6. The van der Waals surface area contributed by atoms with E-state index in [1.165, 1.54) is 0 Å². The van der Waals surface area contributed by atoms with Gasteiger partial charge in [0.1, 0.15) is 0 Å². The van der Waals surface area contributed by atoms with Crippen LogP contribution in [0.2, 0.25) is 5.02 Å². The number of nitrogens with one attached hydrogen (secondary N) is 2. The maximum Gasteiger partial charge on any atom is 0.239 e. The highest BCUT2D eigenvalue weighted by atomic mass is 35.5. The summed E-state index contributed by atoms with van der Waals surface area (Å²) in [7, 11) is 0. The van der Waals surface area contributed by atoms with E-state index in [9.17, 15) is 9.59 Å². The number of halogens is 1. The molecule has 0 aliphatic rings. The van der Waals surface area contributed by atoms with E-state index in [-0.39, 0.29) is 30.3 Å². The van der Waals surface area contributed by atoms with Crippen LogP contribution < -0.4 is 10.6 Å². The van der Waals surface area contributed by atoms with Gasteiger partial charge in [-0.15, -0.1) is 0 Å². The van der Waals surface area contributed by atoms with Crippen LogP contribution in [0.3, 0.4) is 0 Å². The van der Waals surface area contributed by atoms with E-state index in [1.807, 2.05) is 46.8 Å². The summed E-state index contributed by atoms with van der Waals surface area (Å²) in [6.07, 6.45) is 0.175. The van der Waals surface area contributed by atoms with E-state index in [2.05, 4.69) is 15.7 Å². The van der Waals surface area contributed by atoms with Crippen LogP contribution in [0.4, 0.5) is 0 Å². The standard InChI is InChI=1S/C19H25ClN4O2/c1-12-16(10-17(25)21-11-18(26)22-19(3,4)5)13(2)24(23-12)15-8-6-14(20)7-9-15/h6-9H,10-11H2,1-5H3,(H,21,25)(H,22,26). The first kappa shape index (κ1) is 20.0. The predicted octanol–water partition coefficient (Wildman–Crippen LogP) is 2.72. The van der Waals surface area contributed by atoms with Crippen LogP contribution in [0, 0.1) is 13.8 Å². The second kappa shape index (κ2) is 7.91. The van der Waals surface area contributed by atoms with Gasteiger partial charge in [0, 0.05) is 21.8 Å². The van der Waals surface area contributed by atoms with Crippen molar-refractivity contribution in [2.45, 2.75) is 46.6 Å². The second-order valence-electron chi connectivity index (χ2n) is 7.29. The van der Waals surface area contributed by atoms with Gasteiger partial charge >= 0.3 is 0 Å². The van der Waals surface area contributed by atoms with E-state index in [4.69, 9.17) is 11.6 Å². The molecule has 0 saturated heterocycles. The topological polar surface area (TPSA) is 76.0 Å². The number of nitrogens with zero attached hydrogens (tertiary/aromatic N) is 2. The molecule has 1 aromatic carbocycles. The van der Waals surface area contributed by atoms with Gasteiger partial charge in [-0.05, 0) is 58.9 Å². The van der Waals surface area contributed by atoms with Crippen molar-refractivity contribution in [2.24, 2.45) is 0 Å². The molecular weight excluding hydrogens is 352 g/mol. The first-order valence-electron chi connectivity index (χ1n) is 8.45. The fraction of sp³-hybridized carbons (Fsp3) is 0.421. The Hall–Kier alpha value is -2.34. The number of carbonyl (C=O) groups is 2. The van der Waals surface area contributed by atoms with Crippen LogP contribution in [0.15, 0.2) is 24.3 Å². The number of carbonyl (C=O) groups excluding carboxylic acids is 2. The van der Waals surface area contributed by atoms with Crippen LogP contribution in [-0.2, 0) is 16.0 Å². The highest BCUT2D eigenvalue weighted by Gasteiger charge is 2.18. The van der Waals surface area contributed by atoms with Gasteiger partial charge in [-0.1, -0.05) is 11.6 Å². The van der Waals surface area contributed by atoms with Crippen LogP contribution >= 0.6 is 11.6 Å². The van der Waals surface area contributed by atoms with Crippen molar-refractivity contribution in [3.63, 3.8) is 0 Å².